The van der Waals surface area contributed by atoms with Crippen molar-refractivity contribution in [2.24, 2.45) is 0 Å². The minimum atomic E-state index is -0.846. The Labute approximate surface area is 156 Å². The molecule has 5 heteroatoms. The van der Waals surface area contributed by atoms with Crippen molar-refractivity contribution < 1.29 is 14.3 Å². The summed E-state index contributed by atoms with van der Waals surface area (Å²) in [5.74, 6) is 0.603. The van der Waals surface area contributed by atoms with Crippen LogP contribution in [0.4, 0.5) is 5.69 Å². The third-order valence-corrected chi connectivity index (χ3v) is 4.52. The van der Waals surface area contributed by atoms with Crippen LogP contribution in [0.15, 0.2) is 30.5 Å². The SMILES string of the molecule is CCCCOc1ccc(NC(=O)C(C)(CC)OCCC)c2cccnc12. The summed E-state index contributed by atoms with van der Waals surface area (Å²) in [5, 5.41) is 3.88. The first kappa shape index (κ1) is 20.2. The zero-order valence-electron chi connectivity index (χ0n) is 16.3. The molecule has 1 unspecified atom stereocenters. The molecule has 0 spiro atoms. The van der Waals surface area contributed by atoms with Gasteiger partial charge in [-0.3, -0.25) is 9.78 Å². The molecule has 0 aliphatic rings. The standard InChI is InChI=1S/C21H30N2O3/c1-5-8-15-25-18-12-11-17(16-10-9-13-22-19(16)18)23-20(24)21(4,7-3)26-14-6-2/h9-13H,5-8,14-15H2,1-4H3,(H,23,24). The molecule has 142 valence electrons. The quantitative estimate of drug-likeness (QED) is 0.611. The fourth-order valence-corrected chi connectivity index (χ4v) is 2.61. The summed E-state index contributed by atoms with van der Waals surface area (Å²) in [4.78, 5) is 17.3. The highest BCUT2D eigenvalue weighted by atomic mass is 16.5. The van der Waals surface area contributed by atoms with E-state index in [-0.39, 0.29) is 5.91 Å². The number of nitrogens with one attached hydrogen (secondary N) is 1. The lowest BCUT2D eigenvalue weighted by Crippen LogP contribution is -2.42. The van der Waals surface area contributed by atoms with Crippen LogP contribution in [0.2, 0.25) is 0 Å². The van der Waals surface area contributed by atoms with Crippen molar-refractivity contribution in [1.29, 1.82) is 0 Å². The Morgan fingerprint density at radius 1 is 1.15 bits per heavy atom. The summed E-state index contributed by atoms with van der Waals surface area (Å²) >= 11 is 0. The molecule has 0 aliphatic carbocycles. The lowest BCUT2D eigenvalue weighted by atomic mass is 10.0. The second kappa shape index (κ2) is 9.53. The average Bonchev–Trinajstić information content (AvgIpc) is 2.67. The number of hydrogen-bond acceptors (Lipinski definition) is 4. The van der Waals surface area contributed by atoms with Gasteiger partial charge in [0.15, 0.2) is 0 Å². The average molecular weight is 358 g/mol. The first-order chi connectivity index (χ1) is 12.6. The summed E-state index contributed by atoms with van der Waals surface area (Å²) in [6.07, 6.45) is 5.29. The number of carbonyl (C=O) groups excluding carboxylic acids is 1. The van der Waals surface area contributed by atoms with Crippen LogP contribution in [0.25, 0.3) is 10.9 Å². The highest BCUT2D eigenvalue weighted by Crippen LogP contribution is 2.31. The first-order valence-electron chi connectivity index (χ1n) is 9.51. The molecule has 1 heterocycles. The number of aromatic nitrogens is 1. The maximum Gasteiger partial charge on any atom is 0.256 e. The predicted molar refractivity (Wildman–Crippen MR) is 106 cm³/mol. The molecular weight excluding hydrogens is 328 g/mol. The number of hydrogen-bond donors (Lipinski definition) is 1. The second-order valence-electron chi connectivity index (χ2n) is 6.60. The topological polar surface area (TPSA) is 60.5 Å². The summed E-state index contributed by atoms with van der Waals surface area (Å²) in [7, 11) is 0. The largest absolute Gasteiger partial charge is 0.491 e. The number of anilines is 1. The predicted octanol–water partition coefficient (Wildman–Crippen LogP) is 4.95. The van der Waals surface area contributed by atoms with E-state index in [9.17, 15) is 4.79 Å². The second-order valence-corrected chi connectivity index (χ2v) is 6.60. The Hall–Kier alpha value is -2.14. The van der Waals surface area contributed by atoms with Crippen LogP contribution in [0.5, 0.6) is 5.75 Å². The van der Waals surface area contributed by atoms with Gasteiger partial charge in [-0.2, -0.15) is 0 Å². The Balaban J connectivity index is 2.27. The molecular formula is C21H30N2O3. The molecule has 2 rings (SSSR count). The lowest BCUT2D eigenvalue weighted by Gasteiger charge is -2.27. The number of pyridine rings is 1. The Morgan fingerprint density at radius 2 is 1.96 bits per heavy atom. The molecule has 0 radical (unpaired) electrons. The summed E-state index contributed by atoms with van der Waals surface area (Å²) in [5.41, 5.74) is 0.635. The number of amides is 1. The van der Waals surface area contributed by atoms with Gasteiger partial charge in [0.05, 0.1) is 12.3 Å². The van der Waals surface area contributed by atoms with Crippen molar-refractivity contribution in [3.8, 4) is 5.75 Å². The van der Waals surface area contributed by atoms with E-state index in [1.165, 1.54) is 0 Å². The molecule has 0 saturated carbocycles. The maximum atomic E-state index is 12.8. The minimum Gasteiger partial charge on any atom is -0.491 e. The van der Waals surface area contributed by atoms with E-state index in [0.29, 0.717) is 19.6 Å². The molecule has 2 aromatic rings. The van der Waals surface area contributed by atoms with Crippen LogP contribution < -0.4 is 10.1 Å². The van der Waals surface area contributed by atoms with Gasteiger partial charge in [-0.25, -0.2) is 0 Å². The van der Waals surface area contributed by atoms with Crippen LogP contribution in [-0.2, 0) is 9.53 Å². The highest BCUT2D eigenvalue weighted by Gasteiger charge is 2.32. The Kier molecular flexibility index (Phi) is 7.39. The normalized spacial score (nSPS) is 13.4. The smallest absolute Gasteiger partial charge is 0.256 e. The number of fused-ring (bicyclic) bond motifs is 1. The number of ether oxygens (including phenoxy) is 2. The molecule has 0 saturated heterocycles. The van der Waals surface area contributed by atoms with Gasteiger partial charge in [-0.15, -0.1) is 0 Å². The number of nitrogens with zero attached hydrogens (tertiary/aromatic N) is 1. The van der Waals surface area contributed by atoms with Crippen LogP contribution in [0, 0.1) is 0 Å². The Bertz CT molecular complexity index is 732. The molecule has 1 N–H and O–H groups in total. The molecule has 1 aromatic heterocycles. The van der Waals surface area contributed by atoms with E-state index in [2.05, 4.69) is 17.2 Å². The van der Waals surface area contributed by atoms with E-state index < -0.39 is 5.60 Å². The molecule has 0 fully saturated rings. The summed E-state index contributed by atoms with van der Waals surface area (Å²) < 4.78 is 11.7. The molecule has 5 nitrogen and oxygen atoms in total. The van der Waals surface area contributed by atoms with Gasteiger partial charge >= 0.3 is 0 Å². The van der Waals surface area contributed by atoms with Gasteiger partial charge in [0.2, 0.25) is 0 Å². The third-order valence-electron chi connectivity index (χ3n) is 4.52. The summed E-state index contributed by atoms with van der Waals surface area (Å²) in [6.45, 7) is 9.17. The van der Waals surface area contributed by atoms with Gasteiger partial charge in [-0.1, -0.05) is 27.2 Å². The van der Waals surface area contributed by atoms with E-state index in [1.807, 2.05) is 45.0 Å². The highest BCUT2D eigenvalue weighted by molar-refractivity contribution is 6.05. The molecule has 26 heavy (non-hydrogen) atoms. The van der Waals surface area contributed by atoms with Gasteiger partial charge in [-0.05, 0) is 50.5 Å². The van der Waals surface area contributed by atoms with Gasteiger partial charge < -0.3 is 14.8 Å². The van der Waals surface area contributed by atoms with Crippen molar-refractivity contribution in [2.45, 2.75) is 59.0 Å². The van der Waals surface area contributed by atoms with Gasteiger partial charge in [0, 0.05) is 18.2 Å². The van der Waals surface area contributed by atoms with Crippen molar-refractivity contribution in [3.05, 3.63) is 30.5 Å². The molecule has 1 aromatic carbocycles. The van der Waals surface area contributed by atoms with E-state index in [1.54, 1.807) is 6.20 Å². The van der Waals surface area contributed by atoms with Crippen LogP contribution in [-0.4, -0.2) is 29.7 Å². The minimum absolute atomic E-state index is 0.141. The molecule has 0 bridgehead atoms. The fourth-order valence-electron chi connectivity index (χ4n) is 2.61. The van der Waals surface area contributed by atoms with Crippen molar-refractivity contribution >= 4 is 22.5 Å². The van der Waals surface area contributed by atoms with Gasteiger partial charge in [0.1, 0.15) is 16.9 Å². The number of carbonyl (C=O) groups is 1. The van der Waals surface area contributed by atoms with E-state index in [0.717, 1.165) is 41.6 Å². The molecule has 0 aliphatic heterocycles. The third kappa shape index (κ3) is 4.73. The number of rotatable bonds is 10. The summed E-state index contributed by atoms with van der Waals surface area (Å²) in [6, 6.07) is 7.55. The van der Waals surface area contributed by atoms with Gasteiger partial charge in [0.25, 0.3) is 5.91 Å². The number of unbranched alkanes of at least 4 members (excludes halogenated alkanes) is 1. The lowest BCUT2D eigenvalue weighted by molar-refractivity contribution is -0.139. The molecule has 1 atom stereocenters. The fraction of sp³-hybridized carbons (Fsp3) is 0.524. The monoisotopic (exact) mass is 358 g/mol. The maximum absolute atomic E-state index is 12.8. The Morgan fingerprint density at radius 3 is 2.65 bits per heavy atom. The van der Waals surface area contributed by atoms with Crippen LogP contribution in [0.3, 0.4) is 0 Å². The first-order valence-corrected chi connectivity index (χ1v) is 9.51. The van der Waals surface area contributed by atoms with Crippen molar-refractivity contribution in [1.82, 2.24) is 4.98 Å². The van der Waals surface area contributed by atoms with Crippen molar-refractivity contribution in [3.63, 3.8) is 0 Å². The zero-order valence-corrected chi connectivity index (χ0v) is 16.3. The number of benzene rings is 1. The van der Waals surface area contributed by atoms with E-state index in [4.69, 9.17) is 9.47 Å². The van der Waals surface area contributed by atoms with E-state index >= 15 is 0 Å². The molecule has 1 amide bonds. The van der Waals surface area contributed by atoms with Crippen molar-refractivity contribution in [2.75, 3.05) is 18.5 Å². The van der Waals surface area contributed by atoms with Crippen LogP contribution >= 0.6 is 0 Å². The zero-order chi connectivity index (χ0) is 19.0. The van der Waals surface area contributed by atoms with Crippen LogP contribution in [0.1, 0.15) is 53.4 Å².